The SMILES string of the molecule is CCn1c(CC(=O)Cc2ccccn2)nc2ccccc21. The van der Waals surface area contributed by atoms with E-state index in [9.17, 15) is 4.79 Å². The van der Waals surface area contributed by atoms with Gasteiger partial charge in [-0.15, -0.1) is 0 Å². The Hall–Kier alpha value is -2.49. The summed E-state index contributed by atoms with van der Waals surface area (Å²) in [7, 11) is 0. The molecule has 0 unspecified atom stereocenters. The Bertz CT molecular complexity index is 762. The van der Waals surface area contributed by atoms with Gasteiger partial charge in [0, 0.05) is 24.9 Å². The molecule has 0 aliphatic rings. The largest absolute Gasteiger partial charge is 0.328 e. The summed E-state index contributed by atoms with van der Waals surface area (Å²) in [6.45, 7) is 2.88. The van der Waals surface area contributed by atoms with E-state index in [-0.39, 0.29) is 5.78 Å². The zero-order valence-corrected chi connectivity index (χ0v) is 12.0. The van der Waals surface area contributed by atoms with Gasteiger partial charge in [-0.05, 0) is 31.2 Å². The predicted octanol–water partition coefficient (Wildman–Crippen LogP) is 2.81. The second kappa shape index (κ2) is 5.87. The molecular weight excluding hydrogens is 262 g/mol. The molecule has 1 aromatic carbocycles. The fraction of sp³-hybridized carbons (Fsp3) is 0.235. The first-order valence-electron chi connectivity index (χ1n) is 7.13. The van der Waals surface area contributed by atoms with Crippen molar-refractivity contribution >= 4 is 16.8 Å². The van der Waals surface area contributed by atoms with Crippen LogP contribution in [0.25, 0.3) is 11.0 Å². The highest BCUT2D eigenvalue weighted by Crippen LogP contribution is 2.16. The summed E-state index contributed by atoms with van der Waals surface area (Å²) in [5.41, 5.74) is 2.84. The molecule has 0 spiro atoms. The quantitative estimate of drug-likeness (QED) is 0.721. The van der Waals surface area contributed by atoms with Gasteiger partial charge in [-0.25, -0.2) is 4.98 Å². The number of hydrogen-bond acceptors (Lipinski definition) is 3. The van der Waals surface area contributed by atoms with Crippen molar-refractivity contribution in [1.82, 2.24) is 14.5 Å². The maximum Gasteiger partial charge on any atom is 0.146 e. The van der Waals surface area contributed by atoms with Gasteiger partial charge in [-0.2, -0.15) is 0 Å². The first kappa shape index (κ1) is 13.5. The molecule has 2 heterocycles. The van der Waals surface area contributed by atoms with Crippen molar-refractivity contribution < 1.29 is 4.79 Å². The van der Waals surface area contributed by atoms with E-state index in [0.717, 1.165) is 29.1 Å². The van der Waals surface area contributed by atoms with Gasteiger partial charge < -0.3 is 4.57 Å². The van der Waals surface area contributed by atoms with E-state index in [4.69, 9.17) is 0 Å². The van der Waals surface area contributed by atoms with E-state index in [1.807, 2.05) is 42.5 Å². The Morgan fingerprint density at radius 2 is 1.90 bits per heavy atom. The maximum atomic E-state index is 12.2. The minimum absolute atomic E-state index is 0.138. The zero-order chi connectivity index (χ0) is 14.7. The number of aromatic nitrogens is 3. The summed E-state index contributed by atoms with van der Waals surface area (Å²) in [6.07, 6.45) is 2.41. The molecule has 0 aliphatic carbocycles. The molecule has 106 valence electrons. The Morgan fingerprint density at radius 3 is 2.67 bits per heavy atom. The number of benzene rings is 1. The summed E-state index contributed by atoms with van der Waals surface area (Å²) in [5, 5.41) is 0. The highest BCUT2D eigenvalue weighted by Gasteiger charge is 2.13. The van der Waals surface area contributed by atoms with Crippen LogP contribution in [0.5, 0.6) is 0 Å². The molecule has 0 fully saturated rings. The van der Waals surface area contributed by atoms with Gasteiger partial charge in [-0.3, -0.25) is 9.78 Å². The predicted molar refractivity (Wildman–Crippen MR) is 82.1 cm³/mol. The van der Waals surface area contributed by atoms with Crippen molar-refractivity contribution in [3.63, 3.8) is 0 Å². The molecule has 0 aliphatic heterocycles. The lowest BCUT2D eigenvalue weighted by Crippen LogP contribution is -2.12. The first-order chi connectivity index (χ1) is 10.3. The second-order valence-corrected chi connectivity index (χ2v) is 4.97. The number of carbonyl (C=O) groups is 1. The minimum atomic E-state index is 0.138. The second-order valence-electron chi connectivity index (χ2n) is 4.97. The third-order valence-electron chi connectivity index (χ3n) is 3.51. The van der Waals surface area contributed by atoms with E-state index in [1.54, 1.807) is 6.20 Å². The number of ketones is 1. The van der Waals surface area contributed by atoms with Gasteiger partial charge in [0.15, 0.2) is 0 Å². The Labute approximate surface area is 123 Å². The molecule has 0 N–H and O–H groups in total. The van der Waals surface area contributed by atoms with Gasteiger partial charge in [0.1, 0.15) is 11.6 Å². The Kier molecular flexibility index (Phi) is 3.77. The number of rotatable bonds is 5. The van der Waals surface area contributed by atoms with Gasteiger partial charge in [0.25, 0.3) is 0 Å². The molecular formula is C17H17N3O. The fourth-order valence-electron chi connectivity index (χ4n) is 2.56. The summed E-state index contributed by atoms with van der Waals surface area (Å²) >= 11 is 0. The van der Waals surface area contributed by atoms with Crippen molar-refractivity contribution in [3.8, 4) is 0 Å². The number of pyridine rings is 1. The maximum absolute atomic E-state index is 12.2. The molecule has 4 nitrogen and oxygen atoms in total. The summed E-state index contributed by atoms with van der Waals surface area (Å²) in [5.74, 6) is 0.971. The van der Waals surface area contributed by atoms with Crippen molar-refractivity contribution in [2.24, 2.45) is 0 Å². The van der Waals surface area contributed by atoms with Crippen molar-refractivity contribution in [2.45, 2.75) is 26.3 Å². The smallest absolute Gasteiger partial charge is 0.146 e. The van der Waals surface area contributed by atoms with Crippen LogP contribution in [0, 0.1) is 0 Å². The molecule has 3 rings (SSSR count). The number of aryl methyl sites for hydroxylation is 1. The molecule has 3 aromatic rings. The van der Waals surface area contributed by atoms with Gasteiger partial charge >= 0.3 is 0 Å². The lowest BCUT2D eigenvalue weighted by molar-refractivity contribution is -0.118. The highest BCUT2D eigenvalue weighted by atomic mass is 16.1. The monoisotopic (exact) mass is 279 g/mol. The van der Waals surface area contributed by atoms with Crippen LogP contribution in [-0.2, 0) is 24.2 Å². The normalized spacial score (nSPS) is 10.9. The van der Waals surface area contributed by atoms with Crippen molar-refractivity contribution in [3.05, 3.63) is 60.2 Å². The van der Waals surface area contributed by atoms with E-state index in [2.05, 4.69) is 21.5 Å². The van der Waals surface area contributed by atoms with Crippen LogP contribution in [0.2, 0.25) is 0 Å². The summed E-state index contributed by atoms with van der Waals surface area (Å²) < 4.78 is 2.10. The molecule has 0 saturated carbocycles. The standard InChI is InChI=1S/C17H17N3O/c1-2-20-16-9-4-3-8-15(16)19-17(20)12-14(21)11-13-7-5-6-10-18-13/h3-10H,2,11-12H2,1H3. The van der Waals surface area contributed by atoms with Crippen LogP contribution in [0.1, 0.15) is 18.4 Å². The summed E-state index contributed by atoms with van der Waals surface area (Å²) in [4.78, 5) is 21.0. The summed E-state index contributed by atoms with van der Waals surface area (Å²) in [6, 6.07) is 13.6. The van der Waals surface area contributed by atoms with E-state index in [1.165, 1.54) is 0 Å². The van der Waals surface area contributed by atoms with Crippen LogP contribution in [0.15, 0.2) is 48.7 Å². The fourth-order valence-corrected chi connectivity index (χ4v) is 2.56. The number of imidazole rings is 1. The number of fused-ring (bicyclic) bond motifs is 1. The average molecular weight is 279 g/mol. The number of hydrogen-bond donors (Lipinski definition) is 0. The Morgan fingerprint density at radius 1 is 1.10 bits per heavy atom. The molecule has 0 radical (unpaired) electrons. The lowest BCUT2D eigenvalue weighted by atomic mass is 10.1. The lowest BCUT2D eigenvalue weighted by Gasteiger charge is -2.05. The van der Waals surface area contributed by atoms with Crippen molar-refractivity contribution in [1.29, 1.82) is 0 Å². The zero-order valence-electron chi connectivity index (χ0n) is 12.0. The van der Waals surface area contributed by atoms with Gasteiger partial charge in [0.2, 0.25) is 0 Å². The molecule has 0 amide bonds. The van der Waals surface area contributed by atoms with E-state index in [0.29, 0.717) is 12.8 Å². The van der Waals surface area contributed by atoms with Crippen LogP contribution < -0.4 is 0 Å². The van der Waals surface area contributed by atoms with Crippen LogP contribution in [0.4, 0.5) is 0 Å². The first-order valence-corrected chi connectivity index (χ1v) is 7.13. The molecule has 0 atom stereocenters. The van der Waals surface area contributed by atoms with Crippen molar-refractivity contribution in [2.75, 3.05) is 0 Å². The topological polar surface area (TPSA) is 47.8 Å². The van der Waals surface area contributed by atoms with Crippen LogP contribution in [0.3, 0.4) is 0 Å². The molecule has 2 aromatic heterocycles. The van der Waals surface area contributed by atoms with Crippen LogP contribution >= 0.6 is 0 Å². The number of nitrogens with zero attached hydrogens (tertiary/aromatic N) is 3. The van der Waals surface area contributed by atoms with Gasteiger partial charge in [0.05, 0.1) is 17.5 Å². The molecule has 0 bridgehead atoms. The minimum Gasteiger partial charge on any atom is -0.328 e. The molecule has 21 heavy (non-hydrogen) atoms. The van der Waals surface area contributed by atoms with E-state index >= 15 is 0 Å². The average Bonchev–Trinajstić information content (AvgIpc) is 2.85. The molecule has 0 saturated heterocycles. The third-order valence-corrected chi connectivity index (χ3v) is 3.51. The number of para-hydroxylation sites is 2. The molecule has 4 heteroatoms. The highest BCUT2D eigenvalue weighted by molar-refractivity contribution is 5.84. The van der Waals surface area contributed by atoms with Crippen LogP contribution in [-0.4, -0.2) is 20.3 Å². The number of Topliss-reactive ketones (excluding diaryl/α,β-unsaturated/α-hetero) is 1. The van der Waals surface area contributed by atoms with E-state index < -0.39 is 0 Å². The number of carbonyl (C=O) groups excluding carboxylic acids is 1. The third kappa shape index (κ3) is 2.84. The van der Waals surface area contributed by atoms with Gasteiger partial charge in [-0.1, -0.05) is 18.2 Å². The Balaban J connectivity index is 1.83.